The molecule has 94 valence electrons. The quantitative estimate of drug-likeness (QED) is 0.796. The van der Waals surface area contributed by atoms with E-state index >= 15 is 0 Å². The molecule has 0 aliphatic rings. The van der Waals surface area contributed by atoms with Crippen LogP contribution in [0, 0.1) is 5.82 Å². The zero-order valence-electron chi connectivity index (χ0n) is 9.41. The molecule has 0 aliphatic carbocycles. The molecule has 0 amide bonds. The molecule has 0 atom stereocenters. The van der Waals surface area contributed by atoms with Gasteiger partial charge in [0.2, 0.25) is 0 Å². The topological polar surface area (TPSA) is 18.5 Å². The number of halogens is 3. The first-order valence-electron chi connectivity index (χ1n) is 5.06. The molecule has 2 rings (SSSR count). The first kappa shape index (κ1) is 13.0. The van der Waals surface area contributed by atoms with E-state index in [9.17, 15) is 4.39 Å². The fourth-order valence-corrected chi connectivity index (χ4v) is 1.68. The summed E-state index contributed by atoms with van der Waals surface area (Å²) in [4.78, 5) is 0. The minimum Gasteiger partial charge on any atom is -0.493 e. The predicted molar refractivity (Wildman–Crippen MR) is 69.5 cm³/mol. The molecular formula is C13H9Cl2FO2. The van der Waals surface area contributed by atoms with Crippen molar-refractivity contribution in [2.45, 2.75) is 0 Å². The van der Waals surface area contributed by atoms with Gasteiger partial charge in [0.1, 0.15) is 11.6 Å². The van der Waals surface area contributed by atoms with Crippen molar-refractivity contribution in [1.29, 1.82) is 0 Å². The largest absolute Gasteiger partial charge is 0.493 e. The number of benzene rings is 2. The van der Waals surface area contributed by atoms with Crippen molar-refractivity contribution in [2.24, 2.45) is 0 Å². The van der Waals surface area contributed by atoms with E-state index in [0.717, 1.165) is 0 Å². The maximum absolute atomic E-state index is 13.0. The zero-order chi connectivity index (χ0) is 13.1. The van der Waals surface area contributed by atoms with E-state index in [1.807, 2.05) is 0 Å². The summed E-state index contributed by atoms with van der Waals surface area (Å²) in [7, 11) is 1.44. The van der Waals surface area contributed by atoms with Crippen molar-refractivity contribution >= 4 is 23.2 Å². The molecule has 0 aromatic heterocycles. The molecule has 18 heavy (non-hydrogen) atoms. The third-order valence-electron chi connectivity index (χ3n) is 2.24. The summed E-state index contributed by atoms with van der Waals surface area (Å²) in [5.41, 5.74) is 0. The summed E-state index contributed by atoms with van der Waals surface area (Å²) >= 11 is 11.7. The molecule has 5 heteroatoms. The minimum absolute atomic E-state index is 0.307. The number of hydrogen-bond acceptors (Lipinski definition) is 2. The molecule has 0 bridgehead atoms. The van der Waals surface area contributed by atoms with E-state index in [-0.39, 0.29) is 0 Å². The van der Waals surface area contributed by atoms with Crippen molar-refractivity contribution in [3.63, 3.8) is 0 Å². The maximum Gasteiger partial charge on any atom is 0.169 e. The van der Waals surface area contributed by atoms with Crippen LogP contribution in [0.3, 0.4) is 0 Å². The van der Waals surface area contributed by atoms with Gasteiger partial charge in [-0.25, -0.2) is 4.39 Å². The second-order valence-corrected chi connectivity index (χ2v) is 4.29. The van der Waals surface area contributed by atoms with Gasteiger partial charge < -0.3 is 9.47 Å². The molecule has 0 saturated carbocycles. The van der Waals surface area contributed by atoms with Crippen LogP contribution >= 0.6 is 23.2 Å². The number of methoxy groups -OCH3 is 1. The molecule has 0 unspecified atom stereocenters. The normalized spacial score (nSPS) is 10.2. The van der Waals surface area contributed by atoms with Crippen LogP contribution in [0.2, 0.25) is 10.0 Å². The lowest BCUT2D eigenvalue weighted by molar-refractivity contribution is 0.375. The van der Waals surface area contributed by atoms with Gasteiger partial charge in [-0.15, -0.1) is 0 Å². The molecule has 0 radical (unpaired) electrons. The molecular weight excluding hydrogens is 278 g/mol. The maximum atomic E-state index is 13.0. The third kappa shape index (κ3) is 2.86. The molecule has 2 aromatic carbocycles. The third-order valence-corrected chi connectivity index (χ3v) is 2.98. The Hall–Kier alpha value is -1.45. The SMILES string of the molecule is COc1cc(F)ccc1Oc1ccc(Cl)c(Cl)c1. The van der Waals surface area contributed by atoms with Crippen molar-refractivity contribution in [3.8, 4) is 17.2 Å². The monoisotopic (exact) mass is 286 g/mol. The van der Waals surface area contributed by atoms with E-state index < -0.39 is 5.82 Å². The smallest absolute Gasteiger partial charge is 0.169 e. The van der Waals surface area contributed by atoms with Gasteiger partial charge in [-0.3, -0.25) is 0 Å². The van der Waals surface area contributed by atoms with Crippen LogP contribution in [-0.2, 0) is 0 Å². The van der Waals surface area contributed by atoms with E-state index in [0.29, 0.717) is 27.3 Å². The van der Waals surface area contributed by atoms with E-state index in [1.54, 1.807) is 18.2 Å². The lowest BCUT2D eigenvalue weighted by Crippen LogP contribution is -1.91. The Morgan fingerprint density at radius 3 is 2.39 bits per heavy atom. The lowest BCUT2D eigenvalue weighted by Gasteiger charge is -2.10. The van der Waals surface area contributed by atoms with Crippen molar-refractivity contribution in [3.05, 3.63) is 52.3 Å². The fourth-order valence-electron chi connectivity index (χ4n) is 1.39. The molecule has 0 aliphatic heterocycles. The second-order valence-electron chi connectivity index (χ2n) is 3.47. The second kappa shape index (κ2) is 5.46. The number of rotatable bonds is 3. The number of hydrogen-bond donors (Lipinski definition) is 0. The van der Waals surface area contributed by atoms with Crippen LogP contribution in [0.25, 0.3) is 0 Å². The van der Waals surface area contributed by atoms with Gasteiger partial charge in [-0.05, 0) is 24.3 Å². The average Bonchev–Trinajstić information content (AvgIpc) is 2.36. The molecule has 2 nitrogen and oxygen atoms in total. The molecule has 0 N–H and O–H groups in total. The summed E-state index contributed by atoms with van der Waals surface area (Å²) in [6.45, 7) is 0. The number of ether oxygens (including phenoxy) is 2. The van der Waals surface area contributed by atoms with Gasteiger partial charge in [0.05, 0.1) is 17.2 Å². The van der Waals surface area contributed by atoms with Gasteiger partial charge in [-0.2, -0.15) is 0 Å². The highest BCUT2D eigenvalue weighted by Crippen LogP contribution is 2.34. The van der Waals surface area contributed by atoms with Crippen molar-refractivity contribution in [2.75, 3.05) is 7.11 Å². The molecule has 0 heterocycles. The van der Waals surface area contributed by atoms with Crippen LogP contribution in [0.4, 0.5) is 4.39 Å². The standard InChI is InChI=1S/C13H9Cl2FO2/c1-17-13-6-8(16)2-5-12(13)18-9-3-4-10(14)11(15)7-9/h2-7H,1H3. The van der Waals surface area contributed by atoms with Gasteiger partial charge in [0.15, 0.2) is 11.5 Å². The molecule has 0 saturated heterocycles. The van der Waals surface area contributed by atoms with Crippen LogP contribution in [0.15, 0.2) is 36.4 Å². The van der Waals surface area contributed by atoms with E-state index in [4.69, 9.17) is 32.7 Å². The Balaban J connectivity index is 2.30. The zero-order valence-corrected chi connectivity index (χ0v) is 10.9. The molecule has 0 fully saturated rings. The van der Waals surface area contributed by atoms with Gasteiger partial charge in [-0.1, -0.05) is 23.2 Å². The lowest BCUT2D eigenvalue weighted by atomic mass is 10.3. The summed E-state index contributed by atoms with van der Waals surface area (Å²) in [6.07, 6.45) is 0. The Morgan fingerprint density at radius 1 is 0.944 bits per heavy atom. The van der Waals surface area contributed by atoms with Crippen LogP contribution in [-0.4, -0.2) is 7.11 Å². The first-order chi connectivity index (χ1) is 8.60. The van der Waals surface area contributed by atoms with E-state index in [1.165, 1.54) is 25.3 Å². The van der Waals surface area contributed by atoms with Crippen molar-refractivity contribution in [1.82, 2.24) is 0 Å². The minimum atomic E-state index is -0.395. The van der Waals surface area contributed by atoms with Gasteiger partial charge >= 0.3 is 0 Å². The highest BCUT2D eigenvalue weighted by molar-refractivity contribution is 6.42. The Labute approximate surface area is 114 Å². The Kier molecular flexibility index (Phi) is 3.94. The van der Waals surface area contributed by atoms with Gasteiger partial charge in [0.25, 0.3) is 0 Å². The summed E-state index contributed by atoms with van der Waals surface area (Å²) in [6, 6.07) is 8.87. The van der Waals surface area contributed by atoms with Gasteiger partial charge in [0, 0.05) is 12.1 Å². The highest BCUT2D eigenvalue weighted by atomic mass is 35.5. The average molecular weight is 287 g/mol. The molecule has 0 spiro atoms. The van der Waals surface area contributed by atoms with Crippen molar-refractivity contribution < 1.29 is 13.9 Å². The fraction of sp³-hybridized carbons (Fsp3) is 0.0769. The molecule has 2 aromatic rings. The van der Waals surface area contributed by atoms with Crippen LogP contribution < -0.4 is 9.47 Å². The summed E-state index contributed by atoms with van der Waals surface area (Å²) in [5.74, 6) is 0.806. The predicted octanol–water partition coefficient (Wildman–Crippen LogP) is 4.93. The Morgan fingerprint density at radius 2 is 1.72 bits per heavy atom. The highest BCUT2D eigenvalue weighted by Gasteiger charge is 2.08. The van der Waals surface area contributed by atoms with Crippen LogP contribution in [0.5, 0.6) is 17.2 Å². The summed E-state index contributed by atoms with van der Waals surface area (Å²) < 4.78 is 23.6. The van der Waals surface area contributed by atoms with E-state index in [2.05, 4.69) is 0 Å². The summed E-state index contributed by atoms with van der Waals surface area (Å²) in [5, 5.41) is 0.824. The van der Waals surface area contributed by atoms with Crippen LogP contribution in [0.1, 0.15) is 0 Å². The Bertz CT molecular complexity index is 573. The first-order valence-corrected chi connectivity index (χ1v) is 5.82.